The second-order valence-corrected chi connectivity index (χ2v) is 19.3. The number of carboxylic acids is 2. The zero-order valence-corrected chi connectivity index (χ0v) is 39.4. The van der Waals surface area contributed by atoms with Crippen molar-refractivity contribution in [3.63, 3.8) is 0 Å². The van der Waals surface area contributed by atoms with Gasteiger partial charge in [-0.15, -0.1) is 11.8 Å². The summed E-state index contributed by atoms with van der Waals surface area (Å²) in [5.41, 5.74) is 6.91. The largest absolute Gasteiger partial charge is 0.478 e. The van der Waals surface area contributed by atoms with Crippen molar-refractivity contribution in [3.05, 3.63) is 130 Å². The minimum absolute atomic E-state index is 0.172. The Hall–Kier alpha value is -4.48. The number of aryl methyl sites for hydroxylation is 1. The van der Waals surface area contributed by atoms with Crippen LogP contribution in [0.2, 0.25) is 0 Å². The van der Waals surface area contributed by atoms with Crippen LogP contribution in [-0.2, 0) is 44.6 Å². The van der Waals surface area contributed by atoms with Crippen LogP contribution in [0.4, 0.5) is 0 Å². The molecular formula is C48H54BrN5O7S2. The second-order valence-electron chi connectivity index (χ2n) is 16.5. The van der Waals surface area contributed by atoms with Gasteiger partial charge in [-0.1, -0.05) is 42.1 Å². The Morgan fingerprint density at radius 2 is 1.67 bits per heavy atom. The fourth-order valence-corrected chi connectivity index (χ4v) is 11.4. The molecule has 2 aromatic heterocycles. The molecule has 4 unspecified atom stereocenters. The summed E-state index contributed by atoms with van der Waals surface area (Å²) in [4.78, 5) is 47.5. The van der Waals surface area contributed by atoms with E-state index in [9.17, 15) is 14.4 Å². The fourth-order valence-electron chi connectivity index (χ4n) is 9.44. The number of hydrogen-bond donors (Lipinski definition) is 2. The molecule has 0 spiro atoms. The number of rotatable bonds is 8. The number of esters is 1. The summed E-state index contributed by atoms with van der Waals surface area (Å²) in [6.07, 6.45) is 11.6. The third-order valence-electron chi connectivity index (χ3n) is 12.5. The Morgan fingerprint density at radius 1 is 0.921 bits per heavy atom. The number of halogens is 1. The lowest BCUT2D eigenvalue weighted by molar-refractivity contribution is -0.134. The van der Waals surface area contributed by atoms with Crippen molar-refractivity contribution in [1.29, 1.82) is 0 Å². The molecule has 12 nitrogen and oxygen atoms in total. The third kappa shape index (κ3) is 10.6. The molecule has 0 radical (unpaired) electrons. The lowest BCUT2D eigenvalue weighted by atomic mass is 9.69. The first-order valence-corrected chi connectivity index (χ1v) is 23.7. The molecule has 4 atom stereocenters. The van der Waals surface area contributed by atoms with Gasteiger partial charge in [0, 0.05) is 126 Å². The van der Waals surface area contributed by atoms with Gasteiger partial charge < -0.3 is 29.2 Å². The number of thioether (sulfide) groups is 1. The van der Waals surface area contributed by atoms with Gasteiger partial charge in [-0.2, -0.15) is 0 Å². The molecule has 2 N–H and O–H groups in total. The van der Waals surface area contributed by atoms with Crippen molar-refractivity contribution in [1.82, 2.24) is 24.3 Å². The quantitative estimate of drug-likeness (QED) is 0.0884. The van der Waals surface area contributed by atoms with Crippen LogP contribution in [0, 0.1) is 5.92 Å². The summed E-state index contributed by atoms with van der Waals surface area (Å²) >= 11 is 7.14. The van der Waals surface area contributed by atoms with Crippen LogP contribution in [-0.4, -0.2) is 125 Å². The molecule has 3 aromatic carbocycles. The van der Waals surface area contributed by atoms with Crippen LogP contribution in [0.25, 0.3) is 10.9 Å². The number of carbonyl (C=O) groups excluding carboxylic acids is 1. The number of nitrogens with zero attached hydrogens (tertiary/aromatic N) is 5. The molecule has 332 valence electrons. The maximum absolute atomic E-state index is 12.5. The number of aliphatic carboxylic acids is 2. The van der Waals surface area contributed by atoms with Crippen molar-refractivity contribution < 1.29 is 34.1 Å². The zero-order chi connectivity index (χ0) is 44.8. The van der Waals surface area contributed by atoms with Crippen LogP contribution in [0.5, 0.6) is 0 Å². The third-order valence-corrected chi connectivity index (χ3v) is 14.8. The number of pyridine rings is 1. The highest BCUT2D eigenvalue weighted by atomic mass is 79.9. The molecule has 4 aliphatic rings. The summed E-state index contributed by atoms with van der Waals surface area (Å²) in [6.45, 7) is 5.88. The number of aromatic nitrogens is 2. The number of ether oxygens (including phenoxy) is 2. The molecule has 1 aliphatic carbocycles. The van der Waals surface area contributed by atoms with Crippen molar-refractivity contribution in [2.24, 2.45) is 13.0 Å². The number of fused-ring (bicyclic) bond motifs is 4. The summed E-state index contributed by atoms with van der Waals surface area (Å²) < 4.78 is 15.0. The van der Waals surface area contributed by atoms with Crippen molar-refractivity contribution in [2.75, 3.05) is 66.8 Å². The molecule has 2 saturated heterocycles. The van der Waals surface area contributed by atoms with E-state index in [1.807, 2.05) is 30.6 Å². The van der Waals surface area contributed by atoms with E-state index >= 15 is 0 Å². The van der Waals surface area contributed by atoms with Crippen molar-refractivity contribution in [2.45, 2.75) is 51.6 Å². The molecule has 3 aliphatic heterocycles. The van der Waals surface area contributed by atoms with Crippen LogP contribution in [0.15, 0.2) is 117 Å². The first-order valence-electron chi connectivity index (χ1n) is 20.9. The van der Waals surface area contributed by atoms with E-state index in [1.165, 1.54) is 67.1 Å². The first kappa shape index (κ1) is 46.5. The number of piperazine rings is 1. The lowest BCUT2D eigenvalue weighted by Crippen LogP contribution is -2.59. The minimum Gasteiger partial charge on any atom is -0.478 e. The van der Waals surface area contributed by atoms with Gasteiger partial charge in [0.15, 0.2) is 0 Å². The lowest BCUT2D eigenvalue weighted by Gasteiger charge is -2.53. The molecule has 0 amide bonds. The number of benzene rings is 3. The highest BCUT2D eigenvalue weighted by Gasteiger charge is 2.52. The summed E-state index contributed by atoms with van der Waals surface area (Å²) in [5, 5.41) is 16.9. The average molecular weight is 957 g/mol. The molecule has 9 rings (SSSR count). The molecular weight excluding hydrogens is 903 g/mol. The topological polar surface area (TPSA) is 138 Å². The minimum atomic E-state index is -1.26. The van der Waals surface area contributed by atoms with Gasteiger partial charge >= 0.3 is 17.9 Å². The molecule has 15 heteroatoms. The van der Waals surface area contributed by atoms with Crippen LogP contribution in [0.3, 0.4) is 0 Å². The van der Waals surface area contributed by atoms with Crippen LogP contribution >= 0.6 is 39.5 Å². The second kappa shape index (κ2) is 20.6. The van der Waals surface area contributed by atoms with Gasteiger partial charge in [0.05, 0.1) is 12.2 Å². The monoisotopic (exact) mass is 955 g/mol. The molecule has 5 aromatic rings. The van der Waals surface area contributed by atoms with E-state index in [1.54, 1.807) is 12.3 Å². The van der Waals surface area contributed by atoms with E-state index < -0.39 is 17.5 Å². The highest BCUT2D eigenvalue weighted by Crippen LogP contribution is 2.50. The van der Waals surface area contributed by atoms with Gasteiger partial charge in [-0.3, -0.25) is 14.8 Å². The number of hydrogen-bond acceptors (Lipinski definition) is 11. The normalized spacial score (nSPS) is 22.0. The van der Waals surface area contributed by atoms with E-state index in [-0.39, 0.29) is 17.9 Å². The van der Waals surface area contributed by atoms with Crippen LogP contribution < -0.4 is 0 Å². The van der Waals surface area contributed by atoms with Gasteiger partial charge in [0.25, 0.3) is 0 Å². The van der Waals surface area contributed by atoms with Gasteiger partial charge in [-0.25, -0.2) is 14.4 Å². The Morgan fingerprint density at radius 3 is 2.37 bits per heavy atom. The number of methoxy groups -OCH3 is 1. The van der Waals surface area contributed by atoms with Crippen molar-refractivity contribution in [3.8, 4) is 0 Å². The van der Waals surface area contributed by atoms with E-state index in [0.717, 1.165) is 43.4 Å². The first-order chi connectivity index (χ1) is 30.3. The average Bonchev–Trinajstić information content (AvgIpc) is 3.50. The molecule has 0 bridgehead atoms. The van der Waals surface area contributed by atoms with Crippen molar-refractivity contribution >= 4 is 68.3 Å². The maximum atomic E-state index is 12.5. The zero-order valence-electron chi connectivity index (χ0n) is 36.2. The standard InChI is InChI=1S/C24H26BrN3O3.C20H24N2S2.C4H4O4/c1-27-13-17-8-21-24(30-3,19-5-4-6-20(27)22(17)19)9-15(12-28(21)2)14-31-23(29)16-7-18(25)11-26-10-16;1-21-9-11-22(12-10-21)18-13-15-5-3-4-6-19(15)24-20-8-7-16(23-2)14-17(18)20;5-3(6)1-2-4(7)8/h4-7,10-11,13,15,21H,8-9,12,14H2,1-3H3;3-8,14,18H,9-13H2,1-2H3;1-2H,(H,5,6)(H,7,8). The molecule has 2 fully saturated rings. The number of likely N-dealkylation sites (tertiary alicyclic amines) is 1. The number of carbonyl (C=O) groups is 3. The van der Waals surface area contributed by atoms with E-state index in [4.69, 9.17) is 19.7 Å². The predicted molar refractivity (Wildman–Crippen MR) is 251 cm³/mol. The summed E-state index contributed by atoms with van der Waals surface area (Å²) in [5.74, 6) is -2.69. The summed E-state index contributed by atoms with van der Waals surface area (Å²) in [6, 6.07) is 24.9. The fraction of sp³-hybridized carbons (Fsp3) is 0.375. The van der Waals surface area contributed by atoms with E-state index in [0.29, 0.717) is 30.4 Å². The summed E-state index contributed by atoms with van der Waals surface area (Å²) in [7, 11) is 8.30. The molecule has 0 saturated carbocycles. The van der Waals surface area contributed by atoms with Crippen LogP contribution in [0.1, 0.15) is 45.1 Å². The number of carboxylic acid groups (broad SMARTS) is 2. The van der Waals surface area contributed by atoms with Gasteiger partial charge in [0.2, 0.25) is 0 Å². The number of piperidine rings is 1. The van der Waals surface area contributed by atoms with Gasteiger partial charge in [0.1, 0.15) is 5.60 Å². The Bertz CT molecular complexity index is 2470. The Kier molecular flexibility index (Phi) is 15.2. The Balaban J connectivity index is 0.000000165. The SMILES string of the molecule is COC12CC(COC(=O)c3cncc(Br)c3)CN(C)C1Cc1cn(C)c3cccc2c13.CSc1ccc2c(c1)C(N1CCN(C)CC1)Cc1ccccc1S2.O=C(O)C=CC(=O)O. The Labute approximate surface area is 385 Å². The van der Waals surface area contributed by atoms with E-state index in [2.05, 4.69) is 134 Å². The molecule has 5 heterocycles. The molecule has 63 heavy (non-hydrogen) atoms. The smallest absolute Gasteiger partial charge is 0.339 e. The maximum Gasteiger partial charge on any atom is 0.339 e. The number of likely N-dealkylation sites (N-methyl/N-ethyl adjacent to an activating group) is 2. The highest BCUT2D eigenvalue weighted by molar-refractivity contribution is 9.10. The van der Waals surface area contributed by atoms with Gasteiger partial charge in [-0.05, 0) is 114 Å². The predicted octanol–water partition coefficient (Wildman–Crippen LogP) is 8.03.